The third kappa shape index (κ3) is 8.11. The van der Waals surface area contributed by atoms with Gasteiger partial charge >= 0.3 is 0 Å². The van der Waals surface area contributed by atoms with E-state index in [1.54, 1.807) is 55.6 Å². The number of hydrogen-bond donors (Lipinski definition) is 3. The summed E-state index contributed by atoms with van der Waals surface area (Å²) in [4.78, 5) is 53.6. The molecule has 0 spiro atoms. The summed E-state index contributed by atoms with van der Waals surface area (Å²) < 4.78 is 11.4. The fourth-order valence-corrected chi connectivity index (χ4v) is 3.92. The molecule has 0 aliphatic carbocycles. The Morgan fingerprint density at radius 3 is 2.55 bits per heavy atom. The molecule has 11 heteroatoms. The average Bonchev–Trinajstić information content (AvgIpc) is 2.89. The quantitative estimate of drug-likeness (QED) is 0.478. The monoisotopic (exact) mass is 544 g/mol. The molecule has 3 rings (SSSR count). The Labute approximate surface area is 227 Å². The number of rotatable bonds is 6. The van der Waals surface area contributed by atoms with Gasteiger partial charge in [-0.3, -0.25) is 19.2 Å². The van der Waals surface area contributed by atoms with Crippen LogP contribution in [0.25, 0.3) is 0 Å². The molecule has 0 radical (unpaired) electrons. The number of nitrogens with zero attached hydrogens (tertiary/aromatic N) is 1. The van der Waals surface area contributed by atoms with Gasteiger partial charge in [0.1, 0.15) is 36.8 Å². The van der Waals surface area contributed by atoms with Crippen molar-refractivity contribution >= 4 is 35.2 Å². The molecule has 0 saturated carbocycles. The lowest BCUT2D eigenvalue weighted by Gasteiger charge is -2.28. The second-order valence-electron chi connectivity index (χ2n) is 9.22. The van der Waals surface area contributed by atoms with Crippen LogP contribution in [0.3, 0.4) is 0 Å². The van der Waals surface area contributed by atoms with Gasteiger partial charge in [0.25, 0.3) is 5.91 Å². The number of amides is 4. The van der Waals surface area contributed by atoms with E-state index in [9.17, 15) is 19.2 Å². The standard InChI is InChI=1S/C27H33ClN4O6/c1-17(2)24-27(36)32(3)13-15-38-22-7-5-4-6-20(22)25(34)30-21(16-23(33)31-24)26(35)29-12-14-37-19-10-8-18(28)9-11-19/h4-11,17,21,24H,12-16H2,1-3H3,(H,29,35)(H,30,34)(H,31,33)/t21-,24-/m0/s1. The van der Waals surface area contributed by atoms with E-state index in [1.165, 1.54) is 4.90 Å². The van der Waals surface area contributed by atoms with Crippen molar-refractivity contribution in [3.05, 3.63) is 59.1 Å². The van der Waals surface area contributed by atoms with Crippen LogP contribution in [0.15, 0.2) is 48.5 Å². The van der Waals surface area contributed by atoms with Crippen molar-refractivity contribution in [2.24, 2.45) is 5.92 Å². The second-order valence-corrected chi connectivity index (χ2v) is 9.65. The number of fused-ring (bicyclic) bond motifs is 1. The van der Waals surface area contributed by atoms with Gasteiger partial charge in [0.05, 0.1) is 25.1 Å². The van der Waals surface area contributed by atoms with Gasteiger partial charge in [-0.2, -0.15) is 0 Å². The van der Waals surface area contributed by atoms with Crippen LogP contribution in [-0.4, -0.2) is 74.0 Å². The van der Waals surface area contributed by atoms with E-state index < -0.39 is 29.8 Å². The first-order chi connectivity index (χ1) is 18.2. The van der Waals surface area contributed by atoms with Gasteiger partial charge in [-0.1, -0.05) is 37.6 Å². The molecule has 1 heterocycles. The number of ether oxygens (including phenoxy) is 2. The van der Waals surface area contributed by atoms with Gasteiger partial charge in [0.15, 0.2) is 0 Å². The molecular weight excluding hydrogens is 512 g/mol. The number of halogens is 1. The highest BCUT2D eigenvalue weighted by atomic mass is 35.5. The minimum absolute atomic E-state index is 0.132. The maximum Gasteiger partial charge on any atom is 0.255 e. The molecule has 1 aliphatic heterocycles. The number of carbonyl (C=O) groups is 4. The van der Waals surface area contributed by atoms with E-state index in [-0.39, 0.29) is 50.1 Å². The number of nitrogens with one attached hydrogen (secondary N) is 3. The average molecular weight is 545 g/mol. The summed E-state index contributed by atoms with van der Waals surface area (Å²) in [6.07, 6.45) is -0.362. The smallest absolute Gasteiger partial charge is 0.255 e. The van der Waals surface area contributed by atoms with Crippen molar-refractivity contribution in [1.29, 1.82) is 0 Å². The van der Waals surface area contributed by atoms with Gasteiger partial charge in [-0.05, 0) is 42.3 Å². The fourth-order valence-electron chi connectivity index (χ4n) is 3.79. The normalized spacial score (nSPS) is 19.0. The largest absolute Gasteiger partial charge is 0.492 e. The van der Waals surface area contributed by atoms with Crippen LogP contribution in [0.4, 0.5) is 0 Å². The Hall–Kier alpha value is -3.79. The zero-order valence-electron chi connectivity index (χ0n) is 21.7. The Kier molecular flexibility index (Phi) is 10.3. The van der Waals surface area contributed by atoms with Gasteiger partial charge in [-0.15, -0.1) is 0 Å². The van der Waals surface area contributed by atoms with Crippen LogP contribution >= 0.6 is 11.6 Å². The van der Waals surface area contributed by atoms with Gasteiger partial charge in [-0.25, -0.2) is 0 Å². The molecule has 0 fully saturated rings. The predicted molar refractivity (Wildman–Crippen MR) is 142 cm³/mol. The highest BCUT2D eigenvalue weighted by molar-refractivity contribution is 6.30. The van der Waals surface area contributed by atoms with E-state index in [0.717, 1.165) is 0 Å². The third-order valence-electron chi connectivity index (χ3n) is 5.94. The number of hydrogen-bond acceptors (Lipinski definition) is 6. The molecule has 38 heavy (non-hydrogen) atoms. The van der Waals surface area contributed by atoms with Crippen LogP contribution in [0, 0.1) is 5.92 Å². The van der Waals surface area contributed by atoms with Crippen LogP contribution in [0.5, 0.6) is 11.5 Å². The summed E-state index contributed by atoms with van der Waals surface area (Å²) in [5.74, 6) is -1.24. The molecule has 4 amide bonds. The van der Waals surface area contributed by atoms with Crippen LogP contribution in [-0.2, 0) is 14.4 Å². The molecule has 0 unspecified atom stereocenters. The predicted octanol–water partition coefficient (Wildman–Crippen LogP) is 2.02. The molecule has 1 aliphatic rings. The minimum atomic E-state index is -1.20. The molecule has 0 saturated heterocycles. The van der Waals surface area contributed by atoms with E-state index in [0.29, 0.717) is 16.5 Å². The Morgan fingerprint density at radius 2 is 1.84 bits per heavy atom. The summed E-state index contributed by atoms with van der Waals surface area (Å²) >= 11 is 5.87. The molecule has 2 aromatic rings. The molecule has 2 aromatic carbocycles. The summed E-state index contributed by atoms with van der Waals surface area (Å²) in [5, 5.41) is 8.64. The maximum atomic E-state index is 13.1. The number of carbonyl (C=O) groups excluding carboxylic acids is 4. The first-order valence-electron chi connectivity index (χ1n) is 12.4. The summed E-state index contributed by atoms with van der Waals surface area (Å²) in [6, 6.07) is 11.4. The third-order valence-corrected chi connectivity index (χ3v) is 6.19. The first kappa shape index (κ1) is 28.8. The van der Waals surface area contributed by atoms with Crippen molar-refractivity contribution < 1.29 is 28.7 Å². The van der Waals surface area contributed by atoms with Crippen LogP contribution in [0.1, 0.15) is 30.6 Å². The molecule has 0 bridgehead atoms. The topological polar surface area (TPSA) is 126 Å². The first-order valence-corrected chi connectivity index (χ1v) is 12.8. The lowest BCUT2D eigenvalue weighted by molar-refractivity contribution is -0.137. The SMILES string of the molecule is CC(C)[C@@H]1NC(=O)C[C@@H](C(=O)NCCOc2ccc(Cl)cc2)NC(=O)c2ccccc2OCCN(C)C1=O. The van der Waals surface area contributed by atoms with Crippen molar-refractivity contribution in [3.63, 3.8) is 0 Å². The summed E-state index contributed by atoms with van der Waals surface area (Å²) in [7, 11) is 1.63. The highest BCUT2D eigenvalue weighted by Gasteiger charge is 2.31. The fraction of sp³-hybridized carbons (Fsp3) is 0.407. The lowest BCUT2D eigenvalue weighted by atomic mass is 10.0. The number of likely N-dealkylation sites (N-methyl/N-ethyl adjacent to an activating group) is 1. The van der Waals surface area contributed by atoms with E-state index >= 15 is 0 Å². The van der Waals surface area contributed by atoms with Gasteiger partial charge in [0.2, 0.25) is 17.7 Å². The summed E-state index contributed by atoms with van der Waals surface area (Å²) in [6.45, 7) is 4.33. The molecule has 10 nitrogen and oxygen atoms in total. The molecule has 204 valence electrons. The second kappa shape index (κ2) is 13.7. The number of benzene rings is 2. The Morgan fingerprint density at radius 1 is 1.13 bits per heavy atom. The minimum Gasteiger partial charge on any atom is -0.492 e. The van der Waals surface area contributed by atoms with Crippen molar-refractivity contribution in [1.82, 2.24) is 20.9 Å². The molecule has 3 N–H and O–H groups in total. The zero-order valence-corrected chi connectivity index (χ0v) is 22.4. The zero-order chi connectivity index (χ0) is 27.7. The van der Waals surface area contributed by atoms with Crippen molar-refractivity contribution in [2.45, 2.75) is 32.4 Å². The van der Waals surface area contributed by atoms with Crippen molar-refractivity contribution in [3.8, 4) is 11.5 Å². The van der Waals surface area contributed by atoms with E-state index in [2.05, 4.69) is 16.0 Å². The Balaban J connectivity index is 1.76. The Bertz CT molecular complexity index is 1140. The molecule has 2 atom stereocenters. The van der Waals surface area contributed by atoms with E-state index in [1.807, 2.05) is 13.8 Å². The van der Waals surface area contributed by atoms with Crippen molar-refractivity contribution in [2.75, 3.05) is 33.4 Å². The van der Waals surface area contributed by atoms with Crippen LogP contribution < -0.4 is 25.4 Å². The van der Waals surface area contributed by atoms with Gasteiger partial charge in [0, 0.05) is 12.1 Å². The van der Waals surface area contributed by atoms with Gasteiger partial charge < -0.3 is 30.3 Å². The van der Waals surface area contributed by atoms with E-state index in [4.69, 9.17) is 21.1 Å². The highest BCUT2D eigenvalue weighted by Crippen LogP contribution is 2.19. The summed E-state index contributed by atoms with van der Waals surface area (Å²) in [5.41, 5.74) is 0.211. The lowest BCUT2D eigenvalue weighted by Crippen LogP contribution is -2.54. The molecular formula is C27H33ClN4O6. The maximum absolute atomic E-state index is 13.1. The van der Waals surface area contributed by atoms with Crippen LogP contribution in [0.2, 0.25) is 5.02 Å². The molecule has 0 aromatic heterocycles. The number of para-hydroxylation sites is 1.